The van der Waals surface area contributed by atoms with Crippen molar-refractivity contribution < 1.29 is 0 Å². The summed E-state index contributed by atoms with van der Waals surface area (Å²) in [6, 6.07) is 0. The molecule has 0 radical (unpaired) electrons. The van der Waals surface area contributed by atoms with Gasteiger partial charge in [-0.15, -0.1) is 0 Å². The fourth-order valence-corrected chi connectivity index (χ4v) is 0.722. The SMILES string of the molecule is NCCC1=NCC=C1. The van der Waals surface area contributed by atoms with E-state index in [1.165, 1.54) is 0 Å². The van der Waals surface area contributed by atoms with Gasteiger partial charge >= 0.3 is 0 Å². The molecule has 1 rings (SSSR count). The van der Waals surface area contributed by atoms with Crippen molar-refractivity contribution in [1.82, 2.24) is 0 Å². The molecule has 2 N–H and O–H groups in total. The molecule has 0 aromatic heterocycles. The Kier molecular flexibility index (Phi) is 1.80. The quantitative estimate of drug-likeness (QED) is 0.547. The number of hydrogen-bond acceptors (Lipinski definition) is 2. The first-order valence-electron chi connectivity index (χ1n) is 2.83. The largest absolute Gasteiger partial charge is 0.330 e. The standard InChI is InChI=1S/C6H10N2/c7-4-3-6-2-1-5-8-6/h1-2H,3-5,7H2. The van der Waals surface area contributed by atoms with E-state index in [0.717, 1.165) is 18.7 Å². The molecule has 0 atom stereocenters. The molecule has 8 heavy (non-hydrogen) atoms. The van der Waals surface area contributed by atoms with Crippen LogP contribution in [-0.4, -0.2) is 18.8 Å². The van der Waals surface area contributed by atoms with Crippen molar-refractivity contribution in [3.63, 3.8) is 0 Å². The second kappa shape index (κ2) is 2.62. The highest BCUT2D eigenvalue weighted by molar-refractivity contribution is 5.96. The lowest BCUT2D eigenvalue weighted by Crippen LogP contribution is -2.04. The molecule has 2 nitrogen and oxygen atoms in total. The van der Waals surface area contributed by atoms with E-state index in [4.69, 9.17) is 5.73 Å². The summed E-state index contributed by atoms with van der Waals surface area (Å²) >= 11 is 0. The van der Waals surface area contributed by atoms with Crippen LogP contribution in [0.1, 0.15) is 6.42 Å². The summed E-state index contributed by atoms with van der Waals surface area (Å²) in [4.78, 5) is 4.15. The maximum Gasteiger partial charge on any atom is 0.0577 e. The first kappa shape index (κ1) is 5.51. The van der Waals surface area contributed by atoms with Gasteiger partial charge in [-0.3, -0.25) is 4.99 Å². The van der Waals surface area contributed by atoms with E-state index < -0.39 is 0 Å². The van der Waals surface area contributed by atoms with Crippen LogP contribution in [0.5, 0.6) is 0 Å². The van der Waals surface area contributed by atoms with Crippen LogP contribution in [0.2, 0.25) is 0 Å². The molecule has 0 amide bonds. The second-order valence-corrected chi connectivity index (χ2v) is 1.77. The first-order valence-corrected chi connectivity index (χ1v) is 2.83. The van der Waals surface area contributed by atoms with Crippen LogP contribution in [0.15, 0.2) is 17.1 Å². The lowest BCUT2D eigenvalue weighted by molar-refractivity contribution is 1.04. The predicted octanol–water partition coefficient (Wildman–Crippen LogP) is 0.346. The number of hydrogen-bond donors (Lipinski definition) is 1. The topological polar surface area (TPSA) is 38.4 Å². The molecule has 2 heteroatoms. The summed E-state index contributed by atoms with van der Waals surface area (Å²) < 4.78 is 0. The van der Waals surface area contributed by atoms with Gasteiger partial charge in [0.2, 0.25) is 0 Å². The van der Waals surface area contributed by atoms with Gasteiger partial charge in [0.05, 0.1) is 6.54 Å². The van der Waals surface area contributed by atoms with E-state index >= 15 is 0 Å². The van der Waals surface area contributed by atoms with E-state index in [2.05, 4.69) is 4.99 Å². The Balaban J connectivity index is 2.34. The van der Waals surface area contributed by atoms with Gasteiger partial charge in [0.15, 0.2) is 0 Å². The van der Waals surface area contributed by atoms with Crippen LogP contribution in [0, 0.1) is 0 Å². The Morgan fingerprint density at radius 1 is 1.75 bits per heavy atom. The van der Waals surface area contributed by atoms with Gasteiger partial charge in [-0.2, -0.15) is 0 Å². The van der Waals surface area contributed by atoms with Crippen LogP contribution in [0.3, 0.4) is 0 Å². The highest BCUT2D eigenvalue weighted by Crippen LogP contribution is 1.95. The van der Waals surface area contributed by atoms with Crippen molar-refractivity contribution in [2.24, 2.45) is 10.7 Å². The molecule has 1 heterocycles. The molecular formula is C6H10N2. The van der Waals surface area contributed by atoms with Gasteiger partial charge in [0, 0.05) is 12.1 Å². The fraction of sp³-hybridized carbons (Fsp3) is 0.500. The summed E-state index contributed by atoms with van der Waals surface area (Å²) in [5, 5.41) is 0. The maximum atomic E-state index is 5.29. The number of allylic oxidation sites excluding steroid dienone is 1. The summed E-state index contributed by atoms with van der Waals surface area (Å²) in [5.41, 5.74) is 6.44. The summed E-state index contributed by atoms with van der Waals surface area (Å²) in [6.45, 7) is 1.57. The zero-order valence-electron chi connectivity index (χ0n) is 4.80. The van der Waals surface area contributed by atoms with Crippen LogP contribution in [0.25, 0.3) is 0 Å². The highest BCUT2D eigenvalue weighted by atomic mass is 14.7. The van der Waals surface area contributed by atoms with E-state index in [1.54, 1.807) is 0 Å². The Morgan fingerprint density at radius 3 is 3.12 bits per heavy atom. The van der Waals surface area contributed by atoms with Gasteiger partial charge in [0.25, 0.3) is 0 Å². The monoisotopic (exact) mass is 110 g/mol. The average molecular weight is 110 g/mol. The minimum absolute atomic E-state index is 0.711. The molecule has 0 aromatic carbocycles. The fourth-order valence-electron chi connectivity index (χ4n) is 0.722. The maximum absolute atomic E-state index is 5.29. The molecule has 0 aromatic rings. The zero-order chi connectivity index (χ0) is 5.82. The number of rotatable bonds is 2. The Labute approximate surface area is 49.1 Å². The summed E-state index contributed by atoms with van der Waals surface area (Å²) in [5.74, 6) is 0. The van der Waals surface area contributed by atoms with Gasteiger partial charge in [-0.05, 0) is 12.6 Å². The smallest absolute Gasteiger partial charge is 0.0577 e. The van der Waals surface area contributed by atoms with E-state index in [1.807, 2.05) is 12.2 Å². The zero-order valence-corrected chi connectivity index (χ0v) is 4.80. The lowest BCUT2D eigenvalue weighted by Gasteiger charge is -1.89. The third-order valence-corrected chi connectivity index (χ3v) is 1.11. The summed E-state index contributed by atoms with van der Waals surface area (Å²) in [7, 11) is 0. The van der Waals surface area contributed by atoms with Gasteiger partial charge in [-0.25, -0.2) is 0 Å². The average Bonchev–Trinajstić information content (AvgIpc) is 2.19. The minimum Gasteiger partial charge on any atom is -0.330 e. The number of nitrogens with two attached hydrogens (primary N) is 1. The van der Waals surface area contributed by atoms with Crippen molar-refractivity contribution in [3.05, 3.63) is 12.2 Å². The molecule has 0 aliphatic carbocycles. The van der Waals surface area contributed by atoms with Gasteiger partial charge < -0.3 is 5.73 Å². The molecule has 0 saturated heterocycles. The van der Waals surface area contributed by atoms with Crippen molar-refractivity contribution in [1.29, 1.82) is 0 Å². The molecule has 0 bridgehead atoms. The van der Waals surface area contributed by atoms with Crippen molar-refractivity contribution in [2.75, 3.05) is 13.1 Å². The third kappa shape index (κ3) is 1.17. The molecule has 0 saturated carbocycles. The van der Waals surface area contributed by atoms with Crippen molar-refractivity contribution in [2.45, 2.75) is 6.42 Å². The normalized spacial score (nSPS) is 16.9. The molecule has 0 unspecified atom stereocenters. The Morgan fingerprint density at radius 2 is 2.62 bits per heavy atom. The van der Waals surface area contributed by atoms with Gasteiger partial charge in [-0.1, -0.05) is 6.08 Å². The summed E-state index contributed by atoms with van der Waals surface area (Å²) in [6.07, 6.45) is 5.01. The molecule has 1 aliphatic rings. The van der Waals surface area contributed by atoms with Crippen LogP contribution in [-0.2, 0) is 0 Å². The number of aliphatic imine (C=N–C) groups is 1. The molecular weight excluding hydrogens is 100 g/mol. The second-order valence-electron chi connectivity index (χ2n) is 1.77. The Hall–Kier alpha value is -0.630. The molecule has 44 valence electrons. The Bertz CT molecular complexity index is 124. The predicted molar refractivity (Wildman–Crippen MR) is 35.1 cm³/mol. The van der Waals surface area contributed by atoms with E-state index in [9.17, 15) is 0 Å². The van der Waals surface area contributed by atoms with E-state index in [-0.39, 0.29) is 0 Å². The molecule has 1 aliphatic heterocycles. The van der Waals surface area contributed by atoms with Crippen molar-refractivity contribution in [3.8, 4) is 0 Å². The van der Waals surface area contributed by atoms with E-state index in [0.29, 0.717) is 6.54 Å². The van der Waals surface area contributed by atoms with Crippen LogP contribution >= 0.6 is 0 Å². The van der Waals surface area contributed by atoms with Gasteiger partial charge in [0.1, 0.15) is 0 Å². The minimum atomic E-state index is 0.711. The number of nitrogens with zero attached hydrogens (tertiary/aromatic N) is 1. The lowest BCUT2D eigenvalue weighted by atomic mass is 10.3. The highest BCUT2D eigenvalue weighted by Gasteiger charge is 1.94. The molecule has 0 fully saturated rings. The van der Waals surface area contributed by atoms with Crippen molar-refractivity contribution >= 4 is 5.71 Å². The molecule has 0 spiro atoms. The first-order chi connectivity index (χ1) is 3.93. The van der Waals surface area contributed by atoms with Crippen LogP contribution in [0.4, 0.5) is 0 Å². The van der Waals surface area contributed by atoms with Crippen LogP contribution < -0.4 is 5.73 Å². The third-order valence-electron chi connectivity index (χ3n) is 1.11.